The molecule has 1 aromatic carbocycles. The second-order valence-corrected chi connectivity index (χ2v) is 8.31. The molecule has 35 heavy (non-hydrogen) atoms. The van der Waals surface area contributed by atoms with Gasteiger partial charge in [0.25, 0.3) is 0 Å². The van der Waals surface area contributed by atoms with Crippen LogP contribution in [0.5, 0.6) is 0 Å². The molecule has 1 aromatic heterocycles. The van der Waals surface area contributed by atoms with E-state index >= 15 is 0 Å². The van der Waals surface area contributed by atoms with Crippen molar-refractivity contribution in [1.29, 1.82) is 0 Å². The maximum atomic E-state index is 13.5. The number of carbonyl (C=O) groups is 2. The standard InChI is InChI=1S/C21H20F6N6O2/c22-20(23,24)14-9-29-19(30-13-3-4-15-12(6-13)7-16(34)31-15)32-17(14)28-8-11-2-1-5-33(10-11)18(35)21(25,26)27/h3-4,6,9,11H,1-2,5,7-8,10H2,(H,31,34)(H2,28,29,30,32). The van der Waals surface area contributed by atoms with Gasteiger partial charge in [0.15, 0.2) is 0 Å². The van der Waals surface area contributed by atoms with Crippen LogP contribution < -0.4 is 16.0 Å². The minimum absolute atomic E-state index is 0.0634. The van der Waals surface area contributed by atoms with Gasteiger partial charge in [0.1, 0.15) is 11.4 Å². The summed E-state index contributed by atoms with van der Waals surface area (Å²) in [6, 6.07) is 4.89. The number of fused-ring (bicyclic) bond motifs is 1. The molecule has 2 aliphatic heterocycles. The highest BCUT2D eigenvalue weighted by molar-refractivity contribution is 5.99. The summed E-state index contributed by atoms with van der Waals surface area (Å²) in [7, 11) is 0. The second-order valence-electron chi connectivity index (χ2n) is 8.31. The van der Waals surface area contributed by atoms with Gasteiger partial charge in [0, 0.05) is 37.2 Å². The molecule has 0 aliphatic carbocycles. The Bertz CT molecular complexity index is 1140. The van der Waals surface area contributed by atoms with Crippen LogP contribution in [0.2, 0.25) is 0 Å². The van der Waals surface area contributed by atoms with Crippen LogP contribution >= 0.6 is 0 Å². The quantitative estimate of drug-likeness (QED) is 0.536. The van der Waals surface area contributed by atoms with Crippen molar-refractivity contribution >= 4 is 35.0 Å². The van der Waals surface area contributed by atoms with Crippen molar-refractivity contribution in [3.8, 4) is 0 Å². The summed E-state index contributed by atoms with van der Waals surface area (Å²) in [6.07, 6.45) is -8.27. The van der Waals surface area contributed by atoms with Gasteiger partial charge in [-0.3, -0.25) is 9.59 Å². The van der Waals surface area contributed by atoms with Crippen LogP contribution in [-0.2, 0) is 22.2 Å². The summed E-state index contributed by atoms with van der Waals surface area (Å²) >= 11 is 0. The fourth-order valence-electron chi connectivity index (χ4n) is 4.06. The van der Waals surface area contributed by atoms with Gasteiger partial charge in [-0.15, -0.1) is 0 Å². The monoisotopic (exact) mass is 502 g/mol. The summed E-state index contributed by atoms with van der Waals surface area (Å²) in [5.41, 5.74) is 0.674. The predicted octanol–water partition coefficient (Wildman–Crippen LogP) is 3.95. The number of halogens is 6. The number of likely N-dealkylation sites (tertiary alicyclic amines) is 1. The highest BCUT2D eigenvalue weighted by Gasteiger charge is 2.43. The van der Waals surface area contributed by atoms with Crippen LogP contribution in [-0.4, -0.2) is 52.5 Å². The third-order valence-corrected chi connectivity index (χ3v) is 5.69. The van der Waals surface area contributed by atoms with E-state index in [1.54, 1.807) is 18.2 Å². The number of carbonyl (C=O) groups excluding carboxylic acids is 2. The predicted molar refractivity (Wildman–Crippen MR) is 113 cm³/mol. The van der Waals surface area contributed by atoms with E-state index in [1.807, 2.05) is 0 Å². The topological polar surface area (TPSA) is 99.3 Å². The summed E-state index contributed by atoms with van der Waals surface area (Å²) in [4.78, 5) is 31.3. The summed E-state index contributed by atoms with van der Waals surface area (Å²) in [6.45, 7) is -0.412. The summed E-state index contributed by atoms with van der Waals surface area (Å²) < 4.78 is 78.7. The molecule has 1 atom stereocenters. The Balaban J connectivity index is 1.48. The third-order valence-electron chi connectivity index (χ3n) is 5.69. The summed E-state index contributed by atoms with van der Waals surface area (Å²) in [5.74, 6) is -3.31. The smallest absolute Gasteiger partial charge is 0.369 e. The first-order chi connectivity index (χ1) is 16.4. The van der Waals surface area contributed by atoms with E-state index in [1.165, 1.54) is 0 Å². The minimum Gasteiger partial charge on any atom is -0.369 e. The molecule has 188 valence electrons. The maximum absolute atomic E-state index is 13.5. The highest BCUT2D eigenvalue weighted by atomic mass is 19.4. The molecule has 4 rings (SSSR count). The zero-order valence-electron chi connectivity index (χ0n) is 18.1. The molecule has 0 radical (unpaired) electrons. The Morgan fingerprint density at radius 2 is 1.97 bits per heavy atom. The van der Waals surface area contributed by atoms with Crippen molar-refractivity contribution in [2.75, 3.05) is 35.6 Å². The number of anilines is 4. The number of amides is 2. The number of piperidine rings is 1. The number of hydrogen-bond acceptors (Lipinski definition) is 6. The van der Waals surface area contributed by atoms with Crippen molar-refractivity contribution in [2.45, 2.75) is 31.6 Å². The van der Waals surface area contributed by atoms with Crippen LogP contribution in [0, 0.1) is 5.92 Å². The molecular weight excluding hydrogens is 482 g/mol. The van der Waals surface area contributed by atoms with E-state index in [0.717, 1.165) is 0 Å². The Hall–Kier alpha value is -3.58. The number of aromatic nitrogens is 2. The number of alkyl halides is 6. The van der Waals surface area contributed by atoms with E-state index in [0.29, 0.717) is 40.9 Å². The largest absolute Gasteiger partial charge is 0.471 e. The Morgan fingerprint density at radius 3 is 2.69 bits per heavy atom. The molecule has 3 N–H and O–H groups in total. The van der Waals surface area contributed by atoms with Gasteiger partial charge in [-0.2, -0.15) is 31.3 Å². The maximum Gasteiger partial charge on any atom is 0.471 e. The van der Waals surface area contributed by atoms with Gasteiger partial charge < -0.3 is 20.9 Å². The van der Waals surface area contributed by atoms with Gasteiger partial charge in [0.2, 0.25) is 11.9 Å². The number of rotatable bonds is 5. The van der Waals surface area contributed by atoms with E-state index in [-0.39, 0.29) is 37.9 Å². The van der Waals surface area contributed by atoms with Crippen molar-refractivity contribution in [3.63, 3.8) is 0 Å². The van der Waals surface area contributed by atoms with Crippen molar-refractivity contribution in [2.24, 2.45) is 5.92 Å². The highest BCUT2D eigenvalue weighted by Crippen LogP contribution is 2.35. The fraction of sp³-hybridized carbons (Fsp3) is 0.429. The Kier molecular flexibility index (Phi) is 6.47. The number of benzene rings is 1. The van der Waals surface area contributed by atoms with Crippen LogP contribution in [0.3, 0.4) is 0 Å². The van der Waals surface area contributed by atoms with E-state index in [9.17, 15) is 35.9 Å². The first-order valence-corrected chi connectivity index (χ1v) is 10.6. The van der Waals surface area contributed by atoms with Crippen LogP contribution in [0.1, 0.15) is 24.0 Å². The lowest BCUT2D eigenvalue weighted by molar-refractivity contribution is -0.187. The van der Waals surface area contributed by atoms with Gasteiger partial charge in [0.05, 0.1) is 6.42 Å². The zero-order chi connectivity index (χ0) is 25.4. The normalized spacial score (nSPS) is 18.2. The van der Waals surface area contributed by atoms with Gasteiger partial charge in [-0.25, -0.2) is 4.98 Å². The number of nitrogens with zero attached hydrogens (tertiary/aromatic N) is 3. The second kappa shape index (κ2) is 9.23. The SMILES string of the molecule is O=C1Cc2cc(Nc3ncc(C(F)(F)F)c(NCC4CCCN(C(=O)C(F)(F)F)C4)n3)ccc2N1. The first-order valence-electron chi connectivity index (χ1n) is 10.6. The molecule has 1 saturated heterocycles. The molecule has 8 nitrogen and oxygen atoms in total. The van der Waals surface area contributed by atoms with Crippen LogP contribution in [0.15, 0.2) is 24.4 Å². The molecule has 0 spiro atoms. The van der Waals surface area contributed by atoms with Crippen molar-refractivity contribution in [3.05, 3.63) is 35.5 Å². The molecular formula is C21H20F6N6O2. The van der Waals surface area contributed by atoms with E-state index in [4.69, 9.17) is 0 Å². The minimum atomic E-state index is -5.01. The number of hydrogen-bond donors (Lipinski definition) is 3. The Morgan fingerprint density at radius 1 is 1.20 bits per heavy atom. The lowest BCUT2D eigenvalue weighted by Crippen LogP contribution is -2.47. The average molecular weight is 502 g/mol. The molecule has 2 aliphatic rings. The first kappa shape index (κ1) is 24.5. The average Bonchev–Trinajstić information content (AvgIpc) is 3.15. The summed E-state index contributed by atoms with van der Waals surface area (Å²) in [5, 5.41) is 8.04. The molecule has 2 amide bonds. The third kappa shape index (κ3) is 5.74. The lowest BCUT2D eigenvalue weighted by atomic mass is 9.98. The lowest BCUT2D eigenvalue weighted by Gasteiger charge is -2.33. The van der Waals surface area contributed by atoms with Crippen LogP contribution in [0.25, 0.3) is 0 Å². The Labute approximate surface area is 195 Å². The molecule has 14 heteroatoms. The van der Waals surface area contributed by atoms with E-state index in [2.05, 4.69) is 25.9 Å². The van der Waals surface area contributed by atoms with E-state index < -0.39 is 35.6 Å². The molecule has 1 unspecified atom stereocenters. The van der Waals surface area contributed by atoms with Crippen molar-refractivity contribution in [1.82, 2.24) is 14.9 Å². The number of nitrogens with one attached hydrogen (secondary N) is 3. The fourth-order valence-corrected chi connectivity index (χ4v) is 4.06. The molecule has 3 heterocycles. The van der Waals surface area contributed by atoms with Crippen LogP contribution in [0.4, 0.5) is 49.5 Å². The molecule has 0 saturated carbocycles. The zero-order valence-corrected chi connectivity index (χ0v) is 18.1. The van der Waals surface area contributed by atoms with Gasteiger partial charge in [-0.05, 0) is 42.5 Å². The van der Waals surface area contributed by atoms with Gasteiger partial charge >= 0.3 is 18.3 Å². The molecule has 2 aromatic rings. The van der Waals surface area contributed by atoms with Crippen molar-refractivity contribution < 1.29 is 35.9 Å². The molecule has 1 fully saturated rings. The van der Waals surface area contributed by atoms with Gasteiger partial charge in [-0.1, -0.05) is 0 Å². The molecule has 0 bridgehead atoms.